The van der Waals surface area contributed by atoms with Crippen LogP contribution in [0, 0.1) is 29.5 Å². The zero-order valence-electron chi connectivity index (χ0n) is 11.6. The number of halogens is 2. The molecule has 2 rings (SSSR count). The van der Waals surface area contributed by atoms with Gasteiger partial charge in [-0.1, -0.05) is 26.8 Å². The molecule has 0 saturated heterocycles. The summed E-state index contributed by atoms with van der Waals surface area (Å²) < 4.78 is 26.9. The van der Waals surface area contributed by atoms with Crippen LogP contribution in [0.15, 0.2) is 18.2 Å². The lowest BCUT2D eigenvalue weighted by Crippen LogP contribution is -2.17. The summed E-state index contributed by atoms with van der Waals surface area (Å²) in [5, 5.41) is 0. The summed E-state index contributed by atoms with van der Waals surface area (Å²) in [6, 6.07) is 3.51. The van der Waals surface area contributed by atoms with Gasteiger partial charge in [0.05, 0.1) is 5.92 Å². The van der Waals surface area contributed by atoms with Gasteiger partial charge in [-0.05, 0) is 29.4 Å². The Morgan fingerprint density at radius 3 is 2.42 bits per heavy atom. The fourth-order valence-corrected chi connectivity index (χ4v) is 3.00. The molecule has 0 spiro atoms. The molecule has 0 amide bonds. The molecule has 0 aromatic heterocycles. The van der Waals surface area contributed by atoms with Gasteiger partial charge >= 0.3 is 0 Å². The minimum Gasteiger partial charge on any atom is -0.313 e. The molecule has 1 fully saturated rings. The number of hydrogen-bond donors (Lipinski definition) is 0. The van der Waals surface area contributed by atoms with Crippen LogP contribution in [0.5, 0.6) is 0 Å². The first-order chi connectivity index (χ1) is 8.82. The largest absolute Gasteiger partial charge is 0.313 e. The molecule has 1 nitrogen and oxygen atoms in total. The lowest BCUT2D eigenvalue weighted by Gasteiger charge is -2.26. The smallest absolute Gasteiger partial charge is 0.230 e. The van der Waals surface area contributed by atoms with E-state index in [9.17, 15) is 8.78 Å². The maximum absolute atomic E-state index is 13.9. The molecule has 1 aliphatic carbocycles. The summed E-state index contributed by atoms with van der Waals surface area (Å²) in [5.41, 5.74) is 0.614. The fourth-order valence-electron chi connectivity index (χ4n) is 3.00. The maximum atomic E-state index is 13.9. The van der Waals surface area contributed by atoms with Crippen molar-refractivity contribution >= 4 is 0 Å². The number of hydrogen-bond acceptors (Lipinski definition) is 0. The van der Waals surface area contributed by atoms with Crippen LogP contribution in [0.4, 0.5) is 8.78 Å². The van der Waals surface area contributed by atoms with Gasteiger partial charge in [-0.2, -0.15) is 0 Å². The average molecular weight is 263 g/mol. The van der Waals surface area contributed by atoms with Gasteiger partial charge in [0.1, 0.15) is 11.6 Å². The van der Waals surface area contributed by atoms with E-state index < -0.39 is 11.6 Å². The Balaban J connectivity index is 2.31. The fraction of sp³-hybridized carbons (Fsp3) is 0.562. The summed E-state index contributed by atoms with van der Waals surface area (Å²) in [6.07, 6.45) is 1.60. The van der Waals surface area contributed by atoms with Gasteiger partial charge in [0.15, 0.2) is 0 Å². The highest BCUT2D eigenvalue weighted by atomic mass is 19.1. The molecule has 2 unspecified atom stereocenters. The second kappa shape index (κ2) is 4.92. The first kappa shape index (κ1) is 14.0. The van der Waals surface area contributed by atoms with Gasteiger partial charge in [-0.3, -0.25) is 0 Å². The molecular weight excluding hydrogens is 244 g/mol. The normalized spacial score (nSPS) is 27.3. The van der Waals surface area contributed by atoms with E-state index in [1.807, 2.05) is 0 Å². The third-order valence-corrected chi connectivity index (χ3v) is 4.28. The van der Waals surface area contributed by atoms with E-state index in [4.69, 9.17) is 6.57 Å². The molecule has 0 N–H and O–H groups in total. The second-order valence-corrected chi connectivity index (χ2v) is 6.50. The van der Waals surface area contributed by atoms with Crippen LogP contribution < -0.4 is 0 Å². The highest BCUT2D eigenvalue weighted by molar-refractivity contribution is 5.27. The van der Waals surface area contributed by atoms with Crippen molar-refractivity contribution in [3.05, 3.63) is 46.8 Å². The molecule has 1 aromatic rings. The predicted octanol–water partition coefficient (Wildman–Crippen LogP) is 4.79. The Labute approximate surface area is 113 Å². The van der Waals surface area contributed by atoms with Gasteiger partial charge in [-0.15, -0.1) is 0 Å². The lowest BCUT2D eigenvalue weighted by molar-refractivity contribution is 0.243. The first-order valence-corrected chi connectivity index (χ1v) is 6.64. The molecule has 1 aliphatic rings. The minimum absolute atomic E-state index is 0.109. The van der Waals surface area contributed by atoms with Crippen molar-refractivity contribution in [1.82, 2.24) is 0 Å². The van der Waals surface area contributed by atoms with E-state index in [-0.39, 0.29) is 17.4 Å². The van der Waals surface area contributed by atoms with Gasteiger partial charge in [0, 0.05) is 12.5 Å². The van der Waals surface area contributed by atoms with Crippen molar-refractivity contribution in [2.24, 2.45) is 11.3 Å². The van der Waals surface area contributed by atoms with Crippen LogP contribution in [0.3, 0.4) is 0 Å². The lowest BCUT2D eigenvalue weighted by atomic mass is 9.79. The van der Waals surface area contributed by atoms with E-state index >= 15 is 0 Å². The third-order valence-electron chi connectivity index (χ3n) is 4.28. The van der Waals surface area contributed by atoms with Gasteiger partial charge in [-0.25, -0.2) is 15.4 Å². The van der Waals surface area contributed by atoms with E-state index in [1.165, 1.54) is 12.1 Å². The molecule has 0 heterocycles. The highest BCUT2D eigenvalue weighted by Gasteiger charge is 2.44. The minimum atomic E-state index is -0.564. The SMILES string of the molecule is [C-]#[N+]C1CC(C(C)(C)C)C[C@H]1c1ccc(F)cc1F. The highest BCUT2D eigenvalue weighted by Crippen LogP contribution is 2.48. The molecule has 102 valence electrons. The quantitative estimate of drug-likeness (QED) is 0.641. The van der Waals surface area contributed by atoms with Gasteiger partial charge in [0.2, 0.25) is 6.04 Å². The van der Waals surface area contributed by atoms with Gasteiger partial charge < -0.3 is 4.85 Å². The summed E-state index contributed by atoms with van der Waals surface area (Å²) in [6.45, 7) is 13.8. The van der Waals surface area contributed by atoms with Crippen molar-refractivity contribution in [2.45, 2.75) is 45.6 Å². The number of nitrogens with zero attached hydrogens (tertiary/aromatic N) is 1. The molecule has 0 bridgehead atoms. The molecular formula is C16H19F2N. The molecule has 19 heavy (non-hydrogen) atoms. The summed E-state index contributed by atoms with van der Waals surface area (Å²) in [7, 11) is 0. The second-order valence-electron chi connectivity index (χ2n) is 6.50. The Kier molecular flexibility index (Phi) is 3.62. The van der Waals surface area contributed by atoms with Crippen molar-refractivity contribution < 1.29 is 8.78 Å². The van der Waals surface area contributed by atoms with E-state index in [0.717, 1.165) is 18.9 Å². The molecule has 0 radical (unpaired) electrons. The molecule has 0 aliphatic heterocycles. The van der Waals surface area contributed by atoms with Crippen LogP contribution in [0.1, 0.15) is 45.1 Å². The summed E-state index contributed by atoms with van der Waals surface area (Å²) >= 11 is 0. The Morgan fingerprint density at radius 2 is 1.89 bits per heavy atom. The molecule has 1 aromatic carbocycles. The van der Waals surface area contributed by atoms with E-state index in [1.54, 1.807) is 0 Å². The van der Waals surface area contributed by atoms with Crippen molar-refractivity contribution in [2.75, 3.05) is 0 Å². The Bertz CT molecular complexity index is 510. The van der Waals surface area contributed by atoms with Crippen molar-refractivity contribution in [3.63, 3.8) is 0 Å². The zero-order chi connectivity index (χ0) is 14.2. The molecule has 1 saturated carbocycles. The maximum Gasteiger partial charge on any atom is 0.230 e. The van der Waals surface area contributed by atoms with Crippen LogP contribution in [0.2, 0.25) is 0 Å². The first-order valence-electron chi connectivity index (χ1n) is 6.64. The van der Waals surface area contributed by atoms with Crippen LogP contribution >= 0.6 is 0 Å². The zero-order valence-corrected chi connectivity index (χ0v) is 11.6. The van der Waals surface area contributed by atoms with Crippen molar-refractivity contribution in [1.29, 1.82) is 0 Å². The molecule has 3 atom stereocenters. The topological polar surface area (TPSA) is 4.36 Å². The third kappa shape index (κ3) is 2.78. The Hall–Kier alpha value is -1.43. The Morgan fingerprint density at radius 1 is 1.21 bits per heavy atom. The number of benzene rings is 1. The summed E-state index contributed by atoms with van der Waals surface area (Å²) in [5.74, 6) is -0.789. The van der Waals surface area contributed by atoms with Crippen LogP contribution in [0.25, 0.3) is 4.85 Å². The molecule has 3 heteroatoms. The van der Waals surface area contributed by atoms with Crippen LogP contribution in [-0.4, -0.2) is 6.04 Å². The number of rotatable bonds is 1. The standard InChI is InChI=1S/C16H19F2N/c1-16(2,3)10-7-13(15(8-10)19-4)12-6-5-11(17)9-14(12)18/h5-6,9-10,13,15H,7-8H2,1-3H3/t10?,13-,15?/m0/s1. The van der Waals surface area contributed by atoms with Gasteiger partial charge in [0.25, 0.3) is 0 Å². The van der Waals surface area contributed by atoms with E-state index in [0.29, 0.717) is 11.5 Å². The van der Waals surface area contributed by atoms with E-state index in [2.05, 4.69) is 25.6 Å². The monoisotopic (exact) mass is 263 g/mol. The predicted molar refractivity (Wildman–Crippen MR) is 71.7 cm³/mol. The van der Waals surface area contributed by atoms with Crippen LogP contribution in [-0.2, 0) is 0 Å². The van der Waals surface area contributed by atoms with Crippen molar-refractivity contribution in [3.8, 4) is 0 Å². The summed E-state index contributed by atoms with van der Waals surface area (Å²) in [4.78, 5) is 3.66. The average Bonchev–Trinajstić information content (AvgIpc) is 2.72.